The lowest BCUT2D eigenvalue weighted by Gasteiger charge is -2.23. The van der Waals surface area contributed by atoms with Gasteiger partial charge in [-0.2, -0.15) is 0 Å². The molecule has 1 unspecified atom stereocenters. The Balaban J connectivity index is 2.14. The second kappa shape index (κ2) is 8.44. The number of aliphatic hydroxyl groups excluding tert-OH is 1. The third kappa shape index (κ3) is 6.00. The standard InChI is InChI=1S/C12H24N2O3/c1-17-9-11(8-15)13-7-12(16)14-10-5-3-2-4-6-10/h10-11,13,15H,2-9H2,1H3,(H,14,16). The molecular weight excluding hydrogens is 220 g/mol. The molecule has 17 heavy (non-hydrogen) atoms. The molecule has 1 aliphatic carbocycles. The van der Waals surface area contributed by atoms with Gasteiger partial charge in [0.15, 0.2) is 0 Å². The Morgan fingerprint density at radius 1 is 1.41 bits per heavy atom. The molecule has 5 nitrogen and oxygen atoms in total. The highest BCUT2D eigenvalue weighted by atomic mass is 16.5. The number of aliphatic hydroxyl groups is 1. The van der Waals surface area contributed by atoms with Crippen molar-refractivity contribution in [2.45, 2.75) is 44.2 Å². The number of rotatable bonds is 7. The lowest BCUT2D eigenvalue weighted by molar-refractivity contribution is -0.121. The normalized spacial score (nSPS) is 18.9. The molecule has 0 spiro atoms. The van der Waals surface area contributed by atoms with Crippen LogP contribution in [0.25, 0.3) is 0 Å². The summed E-state index contributed by atoms with van der Waals surface area (Å²) >= 11 is 0. The summed E-state index contributed by atoms with van der Waals surface area (Å²) in [5, 5.41) is 15.0. The van der Waals surface area contributed by atoms with E-state index in [2.05, 4.69) is 10.6 Å². The zero-order chi connectivity index (χ0) is 12.5. The summed E-state index contributed by atoms with van der Waals surface area (Å²) in [5.41, 5.74) is 0. The van der Waals surface area contributed by atoms with Crippen LogP contribution in [0.2, 0.25) is 0 Å². The predicted octanol–water partition coefficient (Wildman–Crippen LogP) is 0.0322. The van der Waals surface area contributed by atoms with E-state index in [1.165, 1.54) is 19.3 Å². The van der Waals surface area contributed by atoms with Crippen molar-refractivity contribution in [2.24, 2.45) is 0 Å². The molecule has 5 heteroatoms. The summed E-state index contributed by atoms with van der Waals surface area (Å²) < 4.78 is 4.92. The summed E-state index contributed by atoms with van der Waals surface area (Å²) in [5.74, 6) is 0.00598. The Kier molecular flexibility index (Phi) is 7.16. The van der Waals surface area contributed by atoms with Crippen LogP contribution in [-0.4, -0.2) is 50.0 Å². The van der Waals surface area contributed by atoms with Gasteiger partial charge in [-0.1, -0.05) is 19.3 Å². The van der Waals surface area contributed by atoms with Crippen molar-refractivity contribution in [3.8, 4) is 0 Å². The minimum atomic E-state index is -0.169. The molecule has 0 aromatic carbocycles. The molecule has 1 amide bonds. The molecule has 1 atom stereocenters. The number of hydrogen-bond donors (Lipinski definition) is 3. The van der Waals surface area contributed by atoms with Gasteiger partial charge >= 0.3 is 0 Å². The van der Waals surface area contributed by atoms with Crippen LogP contribution in [0.1, 0.15) is 32.1 Å². The summed E-state index contributed by atoms with van der Waals surface area (Å²) in [4.78, 5) is 11.6. The largest absolute Gasteiger partial charge is 0.395 e. The Morgan fingerprint density at radius 2 is 2.12 bits per heavy atom. The van der Waals surface area contributed by atoms with Crippen LogP contribution in [0.4, 0.5) is 0 Å². The van der Waals surface area contributed by atoms with Gasteiger partial charge in [-0.3, -0.25) is 4.79 Å². The molecule has 0 heterocycles. The zero-order valence-corrected chi connectivity index (χ0v) is 10.6. The number of carbonyl (C=O) groups excluding carboxylic acids is 1. The van der Waals surface area contributed by atoms with E-state index >= 15 is 0 Å². The smallest absolute Gasteiger partial charge is 0.234 e. The molecule has 1 fully saturated rings. The van der Waals surface area contributed by atoms with E-state index in [4.69, 9.17) is 9.84 Å². The van der Waals surface area contributed by atoms with E-state index in [1.54, 1.807) is 7.11 Å². The Labute approximate surface area is 103 Å². The van der Waals surface area contributed by atoms with Crippen LogP contribution in [0.5, 0.6) is 0 Å². The topological polar surface area (TPSA) is 70.6 Å². The second-order valence-electron chi connectivity index (χ2n) is 4.62. The Bertz CT molecular complexity index is 218. The first kappa shape index (κ1) is 14.4. The minimum Gasteiger partial charge on any atom is -0.395 e. The molecule has 0 aliphatic heterocycles. The van der Waals surface area contributed by atoms with Crippen LogP contribution >= 0.6 is 0 Å². The number of methoxy groups -OCH3 is 1. The quantitative estimate of drug-likeness (QED) is 0.591. The molecule has 3 N–H and O–H groups in total. The number of ether oxygens (including phenoxy) is 1. The van der Waals surface area contributed by atoms with Crippen molar-refractivity contribution in [2.75, 3.05) is 26.9 Å². The molecule has 0 aromatic heterocycles. The van der Waals surface area contributed by atoms with E-state index < -0.39 is 0 Å². The van der Waals surface area contributed by atoms with Gasteiger partial charge in [0.1, 0.15) is 0 Å². The molecule has 1 aliphatic rings. The molecule has 1 saturated carbocycles. The monoisotopic (exact) mass is 244 g/mol. The second-order valence-corrected chi connectivity index (χ2v) is 4.62. The molecule has 0 aromatic rings. The maximum Gasteiger partial charge on any atom is 0.234 e. The van der Waals surface area contributed by atoms with Gasteiger partial charge in [0, 0.05) is 13.2 Å². The maximum absolute atomic E-state index is 11.6. The highest BCUT2D eigenvalue weighted by molar-refractivity contribution is 5.78. The zero-order valence-electron chi connectivity index (χ0n) is 10.6. The fourth-order valence-electron chi connectivity index (χ4n) is 2.14. The van der Waals surface area contributed by atoms with Crippen LogP contribution in [0.15, 0.2) is 0 Å². The number of nitrogens with one attached hydrogen (secondary N) is 2. The third-order valence-corrected chi connectivity index (χ3v) is 3.11. The summed E-state index contributed by atoms with van der Waals surface area (Å²) in [6, 6.07) is 0.171. The predicted molar refractivity (Wildman–Crippen MR) is 65.8 cm³/mol. The number of carbonyl (C=O) groups is 1. The lowest BCUT2D eigenvalue weighted by Crippen LogP contribution is -2.46. The van der Waals surface area contributed by atoms with Crippen LogP contribution in [0.3, 0.4) is 0 Å². The van der Waals surface area contributed by atoms with Crippen molar-refractivity contribution < 1.29 is 14.6 Å². The van der Waals surface area contributed by atoms with E-state index in [-0.39, 0.29) is 25.1 Å². The van der Waals surface area contributed by atoms with E-state index in [0.717, 1.165) is 12.8 Å². The first-order valence-corrected chi connectivity index (χ1v) is 6.38. The maximum atomic E-state index is 11.6. The van der Waals surface area contributed by atoms with E-state index in [1.807, 2.05) is 0 Å². The van der Waals surface area contributed by atoms with Crippen molar-refractivity contribution >= 4 is 5.91 Å². The minimum absolute atomic E-state index is 0.00598. The highest BCUT2D eigenvalue weighted by Gasteiger charge is 2.16. The Hall–Kier alpha value is -0.650. The van der Waals surface area contributed by atoms with Gasteiger partial charge in [-0.05, 0) is 12.8 Å². The summed E-state index contributed by atoms with van der Waals surface area (Å²) in [6.45, 7) is 0.628. The van der Waals surface area contributed by atoms with Crippen molar-refractivity contribution in [1.29, 1.82) is 0 Å². The summed E-state index contributed by atoms with van der Waals surface area (Å²) in [6.07, 6.45) is 5.88. The van der Waals surface area contributed by atoms with E-state index in [9.17, 15) is 4.79 Å². The van der Waals surface area contributed by atoms with Gasteiger partial charge < -0.3 is 20.5 Å². The molecule has 1 rings (SSSR count). The Morgan fingerprint density at radius 3 is 2.71 bits per heavy atom. The molecule has 0 radical (unpaired) electrons. The average Bonchev–Trinajstić information content (AvgIpc) is 2.35. The van der Waals surface area contributed by atoms with Gasteiger partial charge in [-0.15, -0.1) is 0 Å². The first-order chi connectivity index (χ1) is 8.26. The fraction of sp³-hybridized carbons (Fsp3) is 0.917. The third-order valence-electron chi connectivity index (χ3n) is 3.11. The van der Waals surface area contributed by atoms with Crippen molar-refractivity contribution in [3.63, 3.8) is 0 Å². The van der Waals surface area contributed by atoms with Gasteiger partial charge in [-0.25, -0.2) is 0 Å². The molecule has 0 saturated heterocycles. The lowest BCUT2D eigenvalue weighted by atomic mass is 9.95. The first-order valence-electron chi connectivity index (χ1n) is 6.38. The SMILES string of the molecule is COCC(CO)NCC(=O)NC1CCCCC1. The van der Waals surface area contributed by atoms with Gasteiger partial charge in [0.05, 0.1) is 25.8 Å². The van der Waals surface area contributed by atoms with Crippen molar-refractivity contribution in [1.82, 2.24) is 10.6 Å². The van der Waals surface area contributed by atoms with Gasteiger partial charge in [0.2, 0.25) is 5.91 Å². The van der Waals surface area contributed by atoms with Crippen LogP contribution in [-0.2, 0) is 9.53 Å². The number of amides is 1. The highest BCUT2D eigenvalue weighted by Crippen LogP contribution is 2.16. The summed E-state index contributed by atoms with van der Waals surface area (Å²) in [7, 11) is 1.58. The van der Waals surface area contributed by atoms with Crippen molar-refractivity contribution in [3.05, 3.63) is 0 Å². The molecule has 0 bridgehead atoms. The van der Waals surface area contributed by atoms with Gasteiger partial charge in [0.25, 0.3) is 0 Å². The average molecular weight is 244 g/mol. The molecular formula is C12H24N2O3. The number of hydrogen-bond acceptors (Lipinski definition) is 4. The van der Waals surface area contributed by atoms with Crippen LogP contribution < -0.4 is 10.6 Å². The molecule has 100 valence electrons. The van der Waals surface area contributed by atoms with Crippen LogP contribution in [0, 0.1) is 0 Å². The fourth-order valence-corrected chi connectivity index (χ4v) is 2.14. The van der Waals surface area contributed by atoms with E-state index in [0.29, 0.717) is 12.6 Å².